The minimum atomic E-state index is 0.566. The molecule has 4 nitrogen and oxygen atoms in total. The molecule has 0 unspecified atom stereocenters. The smallest absolute Gasteiger partial charge is 0.219 e. The van der Waals surface area contributed by atoms with Crippen LogP contribution < -0.4 is 14.8 Å². The number of pyridine rings is 1. The molecule has 1 aromatic heterocycles. The maximum absolute atomic E-state index is 5.73. The highest BCUT2D eigenvalue weighted by Crippen LogP contribution is 2.31. The molecule has 0 bridgehead atoms. The van der Waals surface area contributed by atoms with E-state index in [2.05, 4.69) is 33.2 Å². The van der Waals surface area contributed by atoms with Gasteiger partial charge in [0.25, 0.3) is 0 Å². The van der Waals surface area contributed by atoms with Gasteiger partial charge in [0.15, 0.2) is 0 Å². The predicted molar refractivity (Wildman–Crippen MR) is 82.4 cm³/mol. The third-order valence-corrected chi connectivity index (χ3v) is 3.35. The number of benzene rings is 1. The molecule has 0 fully saturated rings. The largest absolute Gasteiger partial charge is 0.497 e. The molecule has 0 atom stereocenters. The summed E-state index contributed by atoms with van der Waals surface area (Å²) in [5.41, 5.74) is 1.13. The maximum atomic E-state index is 5.73. The summed E-state index contributed by atoms with van der Waals surface area (Å²) in [7, 11) is 1.63. The predicted octanol–water partition coefficient (Wildman–Crippen LogP) is 3.75. The van der Waals surface area contributed by atoms with Gasteiger partial charge >= 0.3 is 0 Å². The van der Waals surface area contributed by atoms with Crippen molar-refractivity contribution in [3.05, 3.63) is 46.6 Å². The second kappa shape index (κ2) is 7.26. The van der Waals surface area contributed by atoms with Crippen LogP contribution in [0.25, 0.3) is 0 Å². The van der Waals surface area contributed by atoms with E-state index in [1.807, 2.05) is 36.5 Å². The SMILES string of the molecule is CCNCc1ccc(Oc2ccc(OC)cc2Br)nc1. The van der Waals surface area contributed by atoms with Gasteiger partial charge in [-0.1, -0.05) is 13.0 Å². The highest BCUT2D eigenvalue weighted by molar-refractivity contribution is 9.10. The lowest BCUT2D eigenvalue weighted by atomic mass is 10.3. The number of aromatic nitrogens is 1. The van der Waals surface area contributed by atoms with Gasteiger partial charge in [-0.05, 0) is 46.2 Å². The van der Waals surface area contributed by atoms with Crippen molar-refractivity contribution in [1.82, 2.24) is 10.3 Å². The standard InChI is InChI=1S/C15H17BrN2O2/c1-3-17-9-11-4-7-15(18-10-11)20-14-6-5-12(19-2)8-13(14)16/h4-8,10,17H,3,9H2,1-2H3. The minimum absolute atomic E-state index is 0.566. The molecule has 1 N–H and O–H groups in total. The number of nitrogens with one attached hydrogen (secondary N) is 1. The molecule has 0 aliphatic heterocycles. The van der Waals surface area contributed by atoms with E-state index in [0.717, 1.165) is 28.9 Å². The summed E-state index contributed by atoms with van der Waals surface area (Å²) >= 11 is 3.45. The Morgan fingerprint density at radius 2 is 2.10 bits per heavy atom. The third-order valence-electron chi connectivity index (χ3n) is 2.73. The van der Waals surface area contributed by atoms with Crippen molar-refractivity contribution in [2.75, 3.05) is 13.7 Å². The number of hydrogen-bond acceptors (Lipinski definition) is 4. The Morgan fingerprint density at radius 3 is 2.70 bits per heavy atom. The van der Waals surface area contributed by atoms with Gasteiger partial charge in [0, 0.05) is 18.8 Å². The van der Waals surface area contributed by atoms with Crippen LogP contribution in [-0.4, -0.2) is 18.6 Å². The summed E-state index contributed by atoms with van der Waals surface area (Å²) in [5.74, 6) is 2.05. The number of nitrogens with zero attached hydrogens (tertiary/aromatic N) is 1. The number of ether oxygens (including phenoxy) is 2. The van der Waals surface area contributed by atoms with Crippen LogP contribution in [0.5, 0.6) is 17.4 Å². The molecule has 0 aliphatic rings. The second-order valence-electron chi connectivity index (χ2n) is 4.18. The third kappa shape index (κ3) is 3.95. The van der Waals surface area contributed by atoms with Crippen LogP contribution in [0.4, 0.5) is 0 Å². The minimum Gasteiger partial charge on any atom is -0.497 e. The van der Waals surface area contributed by atoms with Gasteiger partial charge in [-0.2, -0.15) is 0 Å². The van der Waals surface area contributed by atoms with Gasteiger partial charge in [-0.15, -0.1) is 0 Å². The first-order valence-corrected chi connectivity index (χ1v) is 7.19. The van der Waals surface area contributed by atoms with E-state index in [4.69, 9.17) is 9.47 Å². The lowest BCUT2D eigenvalue weighted by Gasteiger charge is -2.09. The first-order valence-electron chi connectivity index (χ1n) is 6.40. The molecule has 20 heavy (non-hydrogen) atoms. The first kappa shape index (κ1) is 14.8. The van der Waals surface area contributed by atoms with Crippen molar-refractivity contribution in [1.29, 1.82) is 0 Å². The zero-order chi connectivity index (χ0) is 14.4. The number of methoxy groups -OCH3 is 1. The summed E-state index contributed by atoms with van der Waals surface area (Å²) < 4.78 is 11.7. The molecule has 0 radical (unpaired) electrons. The van der Waals surface area contributed by atoms with Crippen LogP contribution in [0.1, 0.15) is 12.5 Å². The summed E-state index contributed by atoms with van der Waals surface area (Å²) in [6.45, 7) is 3.83. The van der Waals surface area contributed by atoms with E-state index in [0.29, 0.717) is 11.6 Å². The van der Waals surface area contributed by atoms with Gasteiger partial charge in [0.05, 0.1) is 11.6 Å². The van der Waals surface area contributed by atoms with E-state index in [1.54, 1.807) is 7.11 Å². The molecule has 0 saturated heterocycles. The summed E-state index contributed by atoms with van der Waals surface area (Å²) in [6.07, 6.45) is 1.81. The summed E-state index contributed by atoms with van der Waals surface area (Å²) in [4.78, 5) is 4.30. The van der Waals surface area contributed by atoms with Crippen LogP contribution in [0, 0.1) is 0 Å². The molecule has 2 aromatic rings. The highest BCUT2D eigenvalue weighted by atomic mass is 79.9. The Hall–Kier alpha value is -1.59. The molecule has 1 aromatic carbocycles. The average Bonchev–Trinajstić information content (AvgIpc) is 2.48. The van der Waals surface area contributed by atoms with Gasteiger partial charge in [-0.3, -0.25) is 0 Å². The number of halogens is 1. The molecule has 1 heterocycles. The van der Waals surface area contributed by atoms with Crippen molar-refractivity contribution < 1.29 is 9.47 Å². The first-order chi connectivity index (χ1) is 9.72. The van der Waals surface area contributed by atoms with E-state index in [-0.39, 0.29) is 0 Å². The van der Waals surface area contributed by atoms with Gasteiger partial charge < -0.3 is 14.8 Å². The fourth-order valence-corrected chi connectivity index (χ4v) is 2.09. The topological polar surface area (TPSA) is 43.4 Å². The number of hydrogen-bond donors (Lipinski definition) is 1. The fourth-order valence-electron chi connectivity index (χ4n) is 1.65. The molecule has 0 saturated carbocycles. The molecule has 0 aliphatic carbocycles. The van der Waals surface area contributed by atoms with Crippen molar-refractivity contribution in [2.45, 2.75) is 13.5 Å². The zero-order valence-corrected chi connectivity index (χ0v) is 13.1. The van der Waals surface area contributed by atoms with Gasteiger partial charge in [0.1, 0.15) is 11.5 Å². The highest BCUT2D eigenvalue weighted by Gasteiger charge is 2.05. The quantitative estimate of drug-likeness (QED) is 0.872. The van der Waals surface area contributed by atoms with E-state index >= 15 is 0 Å². The lowest BCUT2D eigenvalue weighted by molar-refractivity contribution is 0.411. The van der Waals surface area contributed by atoms with Crippen molar-refractivity contribution >= 4 is 15.9 Å². The monoisotopic (exact) mass is 336 g/mol. The molecular weight excluding hydrogens is 320 g/mol. The molecule has 2 rings (SSSR count). The lowest BCUT2D eigenvalue weighted by Crippen LogP contribution is -2.11. The number of rotatable bonds is 6. The van der Waals surface area contributed by atoms with Crippen molar-refractivity contribution in [2.24, 2.45) is 0 Å². The van der Waals surface area contributed by atoms with Gasteiger partial charge in [-0.25, -0.2) is 4.98 Å². The van der Waals surface area contributed by atoms with Crippen LogP contribution in [-0.2, 0) is 6.54 Å². The maximum Gasteiger partial charge on any atom is 0.219 e. The van der Waals surface area contributed by atoms with Crippen LogP contribution in [0.2, 0.25) is 0 Å². The fraction of sp³-hybridized carbons (Fsp3) is 0.267. The Morgan fingerprint density at radius 1 is 1.25 bits per heavy atom. The second-order valence-corrected chi connectivity index (χ2v) is 5.04. The van der Waals surface area contributed by atoms with E-state index in [9.17, 15) is 0 Å². The summed E-state index contributed by atoms with van der Waals surface area (Å²) in [5, 5.41) is 3.25. The molecular formula is C15H17BrN2O2. The Bertz CT molecular complexity index is 558. The van der Waals surface area contributed by atoms with E-state index < -0.39 is 0 Å². The van der Waals surface area contributed by atoms with Crippen molar-refractivity contribution in [3.8, 4) is 17.4 Å². The molecule has 0 spiro atoms. The van der Waals surface area contributed by atoms with E-state index in [1.165, 1.54) is 0 Å². The molecule has 106 valence electrons. The zero-order valence-electron chi connectivity index (χ0n) is 11.5. The van der Waals surface area contributed by atoms with Crippen LogP contribution in [0.3, 0.4) is 0 Å². The molecule has 0 amide bonds. The average molecular weight is 337 g/mol. The Kier molecular flexibility index (Phi) is 5.38. The summed E-state index contributed by atoms with van der Waals surface area (Å²) in [6, 6.07) is 9.41. The van der Waals surface area contributed by atoms with Crippen LogP contribution in [0.15, 0.2) is 41.0 Å². The normalized spacial score (nSPS) is 10.3. The molecule has 5 heteroatoms. The Balaban J connectivity index is 2.06. The van der Waals surface area contributed by atoms with Gasteiger partial charge in [0.2, 0.25) is 5.88 Å². The Labute approximate surface area is 127 Å². The van der Waals surface area contributed by atoms with Crippen molar-refractivity contribution in [3.63, 3.8) is 0 Å². The van der Waals surface area contributed by atoms with Crippen LogP contribution >= 0.6 is 15.9 Å².